The topological polar surface area (TPSA) is 32.3 Å². The fourth-order valence-corrected chi connectivity index (χ4v) is 3.10. The second-order valence-corrected chi connectivity index (χ2v) is 7.73. The van der Waals surface area contributed by atoms with Gasteiger partial charge in [0, 0.05) is 47.5 Å². The number of nitrogens with one attached hydrogen (secondary N) is 1. The molecular formula is C13H28N2OS. The zero-order valence-corrected chi connectivity index (χ0v) is 12.8. The van der Waals surface area contributed by atoms with Gasteiger partial charge in [0.1, 0.15) is 0 Å². The fourth-order valence-electron chi connectivity index (χ4n) is 2.56. The lowest BCUT2D eigenvalue weighted by Gasteiger charge is -2.46. The quantitative estimate of drug-likeness (QED) is 0.812. The Balaban J connectivity index is 2.52. The summed E-state index contributed by atoms with van der Waals surface area (Å²) in [6.45, 7) is 12.3. The minimum Gasteiger partial charge on any atom is -0.309 e. The molecule has 0 aliphatic carbocycles. The molecule has 1 rings (SSSR count). The maximum atomic E-state index is 11.1. The van der Waals surface area contributed by atoms with Crippen molar-refractivity contribution in [1.29, 1.82) is 0 Å². The van der Waals surface area contributed by atoms with E-state index in [-0.39, 0.29) is 5.54 Å². The van der Waals surface area contributed by atoms with E-state index in [1.807, 2.05) is 0 Å². The van der Waals surface area contributed by atoms with Gasteiger partial charge in [-0.3, -0.25) is 9.11 Å². The van der Waals surface area contributed by atoms with Crippen LogP contribution in [-0.4, -0.2) is 52.3 Å². The Bertz CT molecular complexity index is 266. The smallest absolute Gasteiger partial charge is 0.0252 e. The lowest BCUT2D eigenvalue weighted by molar-refractivity contribution is 0.0698. The summed E-state index contributed by atoms with van der Waals surface area (Å²) in [6, 6.07) is 0.619. The summed E-state index contributed by atoms with van der Waals surface area (Å²) in [5.74, 6) is 1.50. The second kappa shape index (κ2) is 6.30. The highest BCUT2D eigenvalue weighted by Crippen LogP contribution is 2.20. The van der Waals surface area contributed by atoms with E-state index in [0.29, 0.717) is 12.0 Å². The lowest BCUT2D eigenvalue weighted by atomic mass is 9.93. The number of piperazine rings is 1. The van der Waals surface area contributed by atoms with Crippen LogP contribution in [0, 0.1) is 5.92 Å². The summed E-state index contributed by atoms with van der Waals surface area (Å²) in [4.78, 5) is 2.58. The first-order valence-corrected chi connectivity index (χ1v) is 8.33. The minimum absolute atomic E-state index is 0.205. The van der Waals surface area contributed by atoms with Gasteiger partial charge in [-0.2, -0.15) is 0 Å². The van der Waals surface area contributed by atoms with E-state index < -0.39 is 10.8 Å². The van der Waals surface area contributed by atoms with Gasteiger partial charge < -0.3 is 5.32 Å². The van der Waals surface area contributed by atoms with Crippen LogP contribution < -0.4 is 5.32 Å². The summed E-state index contributed by atoms with van der Waals surface area (Å²) in [5, 5.41) is 3.62. The molecule has 3 nitrogen and oxygen atoms in total. The molecule has 2 unspecified atom stereocenters. The van der Waals surface area contributed by atoms with Gasteiger partial charge in [0.15, 0.2) is 0 Å². The molecule has 0 saturated carbocycles. The van der Waals surface area contributed by atoms with Crippen molar-refractivity contribution in [2.75, 3.05) is 31.6 Å². The Morgan fingerprint density at radius 2 is 2.12 bits per heavy atom. The van der Waals surface area contributed by atoms with Crippen LogP contribution in [0.4, 0.5) is 0 Å². The van der Waals surface area contributed by atoms with Crippen LogP contribution in [0.15, 0.2) is 0 Å². The summed E-state index contributed by atoms with van der Waals surface area (Å²) >= 11 is 0. The highest BCUT2D eigenvalue weighted by molar-refractivity contribution is 7.84. The Hall–Kier alpha value is 0.0700. The highest BCUT2D eigenvalue weighted by atomic mass is 32.2. The summed E-state index contributed by atoms with van der Waals surface area (Å²) in [5.41, 5.74) is 0.205. The van der Waals surface area contributed by atoms with Gasteiger partial charge in [0.25, 0.3) is 0 Å². The molecular weight excluding hydrogens is 232 g/mol. The number of hydrogen-bond donors (Lipinski definition) is 1. The molecule has 1 saturated heterocycles. The molecule has 0 aromatic heterocycles. The van der Waals surface area contributed by atoms with E-state index in [1.165, 1.54) is 0 Å². The van der Waals surface area contributed by atoms with Crippen LogP contribution in [-0.2, 0) is 10.8 Å². The molecule has 0 spiro atoms. The molecule has 1 aliphatic rings. The summed E-state index contributed by atoms with van der Waals surface area (Å²) in [6.07, 6.45) is 2.84. The zero-order valence-electron chi connectivity index (χ0n) is 12.0. The van der Waals surface area contributed by atoms with E-state index in [0.717, 1.165) is 31.8 Å². The predicted molar refractivity (Wildman–Crippen MR) is 75.8 cm³/mol. The van der Waals surface area contributed by atoms with Crippen molar-refractivity contribution < 1.29 is 4.21 Å². The molecule has 0 bridgehead atoms. The lowest BCUT2D eigenvalue weighted by Crippen LogP contribution is -2.63. The summed E-state index contributed by atoms with van der Waals surface area (Å²) < 4.78 is 11.1. The van der Waals surface area contributed by atoms with Crippen LogP contribution in [0.1, 0.15) is 34.1 Å². The largest absolute Gasteiger partial charge is 0.309 e. The molecule has 1 fully saturated rings. The van der Waals surface area contributed by atoms with Gasteiger partial charge >= 0.3 is 0 Å². The minimum atomic E-state index is -0.653. The van der Waals surface area contributed by atoms with Crippen LogP contribution in [0.5, 0.6) is 0 Å². The Kier molecular flexibility index (Phi) is 5.61. The van der Waals surface area contributed by atoms with Crippen LogP contribution >= 0.6 is 0 Å². The van der Waals surface area contributed by atoms with Crippen molar-refractivity contribution in [1.82, 2.24) is 10.2 Å². The van der Waals surface area contributed by atoms with Gasteiger partial charge in [0.05, 0.1) is 0 Å². The Morgan fingerprint density at radius 1 is 1.47 bits per heavy atom. The van der Waals surface area contributed by atoms with E-state index in [9.17, 15) is 4.21 Å². The van der Waals surface area contributed by atoms with Gasteiger partial charge in [0.2, 0.25) is 0 Å². The molecule has 1 heterocycles. The maximum absolute atomic E-state index is 11.1. The summed E-state index contributed by atoms with van der Waals surface area (Å²) in [7, 11) is -0.653. The molecule has 2 atom stereocenters. The Morgan fingerprint density at radius 3 is 2.65 bits per heavy atom. The van der Waals surface area contributed by atoms with Crippen LogP contribution in [0.2, 0.25) is 0 Å². The highest BCUT2D eigenvalue weighted by Gasteiger charge is 2.33. The molecule has 4 heteroatoms. The maximum Gasteiger partial charge on any atom is 0.0252 e. The number of rotatable bonds is 5. The number of hydrogen-bond acceptors (Lipinski definition) is 3. The predicted octanol–water partition coefficient (Wildman–Crippen LogP) is 1.46. The zero-order chi connectivity index (χ0) is 13.1. The first kappa shape index (κ1) is 15.1. The first-order valence-electron chi connectivity index (χ1n) is 6.61. The molecule has 0 radical (unpaired) electrons. The molecule has 0 amide bonds. The van der Waals surface area contributed by atoms with E-state index in [2.05, 4.69) is 37.9 Å². The Labute approximate surface area is 109 Å². The van der Waals surface area contributed by atoms with Crippen molar-refractivity contribution in [3.05, 3.63) is 0 Å². The average molecular weight is 260 g/mol. The third-order valence-corrected chi connectivity index (χ3v) is 4.37. The van der Waals surface area contributed by atoms with Gasteiger partial charge in [-0.15, -0.1) is 0 Å². The van der Waals surface area contributed by atoms with E-state index in [1.54, 1.807) is 6.26 Å². The molecule has 102 valence electrons. The fraction of sp³-hybridized carbons (Fsp3) is 1.00. The van der Waals surface area contributed by atoms with Crippen LogP contribution in [0.25, 0.3) is 0 Å². The SMILES string of the molecule is CC(C)C1CNC(C)(C)CN1CCCS(C)=O. The van der Waals surface area contributed by atoms with Crippen molar-refractivity contribution in [3.63, 3.8) is 0 Å². The molecule has 17 heavy (non-hydrogen) atoms. The van der Waals surface area contributed by atoms with Gasteiger partial charge in [-0.05, 0) is 32.7 Å². The molecule has 0 aromatic rings. The van der Waals surface area contributed by atoms with Crippen LogP contribution in [0.3, 0.4) is 0 Å². The average Bonchev–Trinajstić information content (AvgIpc) is 2.15. The van der Waals surface area contributed by atoms with E-state index in [4.69, 9.17) is 0 Å². The van der Waals surface area contributed by atoms with Crippen molar-refractivity contribution in [2.45, 2.75) is 45.7 Å². The molecule has 1 N–H and O–H groups in total. The van der Waals surface area contributed by atoms with E-state index >= 15 is 0 Å². The normalized spacial score (nSPS) is 27.3. The van der Waals surface area contributed by atoms with Gasteiger partial charge in [-0.25, -0.2) is 0 Å². The third kappa shape index (κ3) is 5.06. The van der Waals surface area contributed by atoms with Crippen molar-refractivity contribution in [2.24, 2.45) is 5.92 Å². The molecule has 1 aliphatic heterocycles. The standard InChI is InChI=1S/C13H28N2OS/c1-11(2)12-9-14-13(3,4)10-15(12)7-6-8-17(5)16/h11-12,14H,6-10H2,1-5H3. The van der Waals surface area contributed by atoms with Crippen molar-refractivity contribution >= 4 is 10.8 Å². The second-order valence-electron chi connectivity index (χ2n) is 6.18. The number of nitrogens with zero attached hydrogens (tertiary/aromatic N) is 1. The third-order valence-electron chi connectivity index (χ3n) is 3.50. The van der Waals surface area contributed by atoms with Gasteiger partial charge in [-0.1, -0.05) is 13.8 Å². The van der Waals surface area contributed by atoms with Crippen molar-refractivity contribution in [3.8, 4) is 0 Å². The molecule has 0 aromatic carbocycles. The monoisotopic (exact) mass is 260 g/mol. The first-order chi connectivity index (χ1) is 7.82.